The van der Waals surface area contributed by atoms with Gasteiger partial charge < -0.3 is 9.84 Å². The molecule has 0 aliphatic carbocycles. The van der Waals surface area contributed by atoms with Crippen molar-refractivity contribution in [1.82, 2.24) is 14.9 Å². The molecule has 1 aliphatic heterocycles. The Labute approximate surface area is 192 Å². The lowest BCUT2D eigenvalue weighted by Gasteiger charge is -2.29. The van der Waals surface area contributed by atoms with Crippen LogP contribution in [0.3, 0.4) is 0 Å². The first-order chi connectivity index (χ1) is 15.5. The van der Waals surface area contributed by atoms with E-state index in [1.807, 2.05) is 61.7 Å². The van der Waals surface area contributed by atoms with E-state index in [0.29, 0.717) is 17.5 Å². The van der Waals surface area contributed by atoms with Gasteiger partial charge in [0.2, 0.25) is 0 Å². The van der Waals surface area contributed by atoms with Crippen molar-refractivity contribution in [2.24, 2.45) is 5.92 Å². The Morgan fingerprint density at radius 1 is 1.19 bits per heavy atom. The molecule has 0 radical (unpaired) electrons. The van der Waals surface area contributed by atoms with E-state index in [1.165, 1.54) is 0 Å². The van der Waals surface area contributed by atoms with Crippen molar-refractivity contribution in [3.05, 3.63) is 76.6 Å². The highest BCUT2D eigenvalue weighted by Gasteiger charge is 2.21. The normalized spacial score (nSPS) is 14.6. The largest absolute Gasteiger partial charge is 0.489 e. The highest BCUT2D eigenvalue weighted by atomic mass is 35.5. The molecule has 1 N–H and O–H groups in total. The second-order valence-corrected chi connectivity index (χ2v) is 8.73. The Hall–Kier alpha value is -2.96. The summed E-state index contributed by atoms with van der Waals surface area (Å²) in [5, 5.41) is 9.68. The van der Waals surface area contributed by atoms with Gasteiger partial charge in [-0.3, -0.25) is 9.69 Å². The van der Waals surface area contributed by atoms with Gasteiger partial charge in [-0.2, -0.15) is 0 Å². The summed E-state index contributed by atoms with van der Waals surface area (Å²) in [6.45, 7) is 4.87. The number of aliphatic carboxylic acids is 1. The summed E-state index contributed by atoms with van der Waals surface area (Å²) in [6.07, 6.45) is 2.93. The summed E-state index contributed by atoms with van der Waals surface area (Å²) in [5.74, 6) is 0.868. The summed E-state index contributed by atoms with van der Waals surface area (Å²) in [7, 11) is 0. The van der Waals surface area contributed by atoms with E-state index in [1.54, 1.807) is 0 Å². The fourth-order valence-electron chi connectivity index (χ4n) is 3.92. The van der Waals surface area contributed by atoms with E-state index >= 15 is 0 Å². The number of rotatable bonds is 8. The van der Waals surface area contributed by atoms with Gasteiger partial charge >= 0.3 is 5.97 Å². The number of nitrogens with zero attached hydrogens (tertiary/aromatic N) is 3. The molecule has 1 aromatic heterocycles. The minimum Gasteiger partial charge on any atom is -0.489 e. The summed E-state index contributed by atoms with van der Waals surface area (Å²) < 4.78 is 5.85. The fourth-order valence-corrected chi connectivity index (χ4v) is 4.05. The molecular formula is C25H26ClN3O3. The van der Waals surface area contributed by atoms with Crippen LogP contribution in [-0.4, -0.2) is 39.0 Å². The van der Waals surface area contributed by atoms with Gasteiger partial charge in [-0.15, -0.1) is 0 Å². The van der Waals surface area contributed by atoms with Crippen LogP contribution in [0.2, 0.25) is 5.02 Å². The first-order valence-electron chi connectivity index (χ1n) is 10.7. The van der Waals surface area contributed by atoms with Crippen LogP contribution < -0.4 is 4.74 Å². The van der Waals surface area contributed by atoms with Gasteiger partial charge in [0.15, 0.2) is 5.82 Å². The molecule has 2 heterocycles. The Morgan fingerprint density at radius 3 is 2.66 bits per heavy atom. The van der Waals surface area contributed by atoms with Crippen molar-refractivity contribution >= 4 is 17.6 Å². The number of hydrogen-bond acceptors (Lipinski definition) is 5. The maximum absolute atomic E-state index is 10.9. The van der Waals surface area contributed by atoms with Crippen LogP contribution >= 0.6 is 11.6 Å². The minimum absolute atomic E-state index is 0.120. The molecule has 4 rings (SSSR count). The molecule has 6 nitrogen and oxygen atoms in total. The number of fused-ring (bicyclic) bond motifs is 1. The van der Waals surface area contributed by atoms with Gasteiger partial charge in [0.25, 0.3) is 0 Å². The van der Waals surface area contributed by atoms with Crippen LogP contribution in [-0.2, 0) is 24.4 Å². The molecule has 1 atom stereocenters. The molecule has 7 heteroatoms. The Kier molecular flexibility index (Phi) is 7.02. The predicted molar refractivity (Wildman–Crippen MR) is 124 cm³/mol. The number of hydrogen-bond donors (Lipinski definition) is 1. The molecule has 166 valence electrons. The van der Waals surface area contributed by atoms with Gasteiger partial charge in [0, 0.05) is 54.8 Å². The third-order valence-corrected chi connectivity index (χ3v) is 5.79. The number of ether oxygens (including phenoxy) is 1. The zero-order valence-corrected chi connectivity index (χ0v) is 18.8. The van der Waals surface area contributed by atoms with E-state index < -0.39 is 5.97 Å². The van der Waals surface area contributed by atoms with E-state index in [0.717, 1.165) is 54.2 Å². The number of carboxylic acid groups (broad SMARTS) is 1. The molecule has 32 heavy (non-hydrogen) atoms. The summed E-state index contributed by atoms with van der Waals surface area (Å²) in [4.78, 5) is 22.6. The SMILES string of the molecule is CC(CC(=O)O)CN1CCc2nc(-c3ccc(OCc4ccc(Cl)cc4)cc3)ncc2C1. The summed E-state index contributed by atoms with van der Waals surface area (Å²) >= 11 is 5.92. The third-order valence-electron chi connectivity index (χ3n) is 5.54. The molecule has 1 unspecified atom stereocenters. The van der Waals surface area contributed by atoms with E-state index in [4.69, 9.17) is 26.4 Å². The van der Waals surface area contributed by atoms with E-state index in [2.05, 4.69) is 9.88 Å². The third kappa shape index (κ3) is 5.84. The molecule has 0 amide bonds. The number of carboxylic acids is 1. The molecule has 3 aromatic rings. The maximum atomic E-state index is 10.9. The van der Waals surface area contributed by atoms with Crippen LogP contribution in [0.15, 0.2) is 54.7 Å². The van der Waals surface area contributed by atoms with Crippen molar-refractivity contribution in [1.29, 1.82) is 0 Å². The summed E-state index contributed by atoms with van der Waals surface area (Å²) in [5.41, 5.74) is 4.19. The predicted octanol–water partition coefficient (Wildman–Crippen LogP) is 4.84. The monoisotopic (exact) mass is 451 g/mol. The zero-order valence-electron chi connectivity index (χ0n) is 18.0. The van der Waals surface area contributed by atoms with Crippen molar-refractivity contribution in [3.8, 4) is 17.1 Å². The molecule has 2 aromatic carbocycles. The average molecular weight is 452 g/mol. The van der Waals surface area contributed by atoms with Gasteiger partial charge in [-0.05, 0) is 47.9 Å². The Bertz CT molecular complexity index is 1070. The van der Waals surface area contributed by atoms with Crippen LogP contribution in [0.5, 0.6) is 5.75 Å². The molecular weight excluding hydrogens is 426 g/mol. The fraction of sp³-hybridized carbons (Fsp3) is 0.320. The van der Waals surface area contributed by atoms with Crippen LogP contribution in [0.1, 0.15) is 30.2 Å². The molecule has 0 fully saturated rings. The topological polar surface area (TPSA) is 75.5 Å². The highest BCUT2D eigenvalue weighted by Crippen LogP contribution is 2.24. The number of carbonyl (C=O) groups is 1. The van der Waals surface area contributed by atoms with Crippen molar-refractivity contribution in [2.75, 3.05) is 13.1 Å². The second-order valence-electron chi connectivity index (χ2n) is 8.29. The van der Waals surface area contributed by atoms with Gasteiger partial charge in [-0.1, -0.05) is 30.7 Å². The van der Waals surface area contributed by atoms with Crippen LogP contribution in [0.4, 0.5) is 0 Å². The zero-order chi connectivity index (χ0) is 22.5. The summed E-state index contributed by atoms with van der Waals surface area (Å²) in [6, 6.07) is 15.4. The first kappa shape index (κ1) is 22.2. The lowest BCUT2D eigenvalue weighted by Crippen LogP contribution is -2.35. The Morgan fingerprint density at radius 2 is 1.94 bits per heavy atom. The minimum atomic E-state index is -0.746. The van der Waals surface area contributed by atoms with Gasteiger partial charge in [0.05, 0.1) is 5.69 Å². The highest BCUT2D eigenvalue weighted by molar-refractivity contribution is 6.30. The van der Waals surface area contributed by atoms with Gasteiger partial charge in [-0.25, -0.2) is 9.97 Å². The molecule has 0 saturated carbocycles. The van der Waals surface area contributed by atoms with E-state index in [9.17, 15) is 4.79 Å². The van der Waals surface area contributed by atoms with Crippen molar-refractivity contribution < 1.29 is 14.6 Å². The molecule has 0 saturated heterocycles. The van der Waals surface area contributed by atoms with Crippen molar-refractivity contribution in [3.63, 3.8) is 0 Å². The lowest BCUT2D eigenvalue weighted by atomic mass is 10.0. The standard InChI is InChI=1S/C25H26ClN3O3/c1-17(12-24(30)31)14-29-11-10-23-20(15-29)13-27-25(28-23)19-4-8-22(9-5-19)32-16-18-2-6-21(26)7-3-18/h2-9,13,17H,10-12,14-16H2,1H3,(H,30,31). The number of benzene rings is 2. The molecule has 0 bridgehead atoms. The van der Waals surface area contributed by atoms with Crippen LogP contribution in [0, 0.1) is 5.92 Å². The average Bonchev–Trinajstić information content (AvgIpc) is 2.78. The lowest BCUT2D eigenvalue weighted by molar-refractivity contribution is -0.138. The Balaban J connectivity index is 1.36. The molecule has 1 aliphatic rings. The van der Waals surface area contributed by atoms with Crippen LogP contribution in [0.25, 0.3) is 11.4 Å². The molecule has 0 spiro atoms. The quantitative estimate of drug-likeness (QED) is 0.528. The second kappa shape index (κ2) is 10.1. The first-order valence-corrected chi connectivity index (χ1v) is 11.1. The number of aromatic nitrogens is 2. The number of halogens is 1. The van der Waals surface area contributed by atoms with Crippen molar-refractivity contribution in [2.45, 2.75) is 32.9 Å². The maximum Gasteiger partial charge on any atom is 0.303 e. The smallest absolute Gasteiger partial charge is 0.303 e. The van der Waals surface area contributed by atoms with Gasteiger partial charge in [0.1, 0.15) is 12.4 Å². The van der Waals surface area contributed by atoms with E-state index in [-0.39, 0.29) is 12.3 Å².